The summed E-state index contributed by atoms with van der Waals surface area (Å²) in [6.07, 6.45) is -0.950. The van der Waals surface area contributed by atoms with Gasteiger partial charge in [0.1, 0.15) is 5.54 Å². The molecule has 0 radical (unpaired) electrons. The van der Waals surface area contributed by atoms with Gasteiger partial charge in [0.05, 0.1) is 11.6 Å². The monoisotopic (exact) mass is 294 g/mol. The van der Waals surface area contributed by atoms with Gasteiger partial charge in [0.2, 0.25) is 0 Å². The minimum Gasteiger partial charge on any atom is -0.449 e. The minimum atomic E-state index is -0.986. The Morgan fingerprint density at radius 1 is 1.45 bits per heavy atom. The van der Waals surface area contributed by atoms with Gasteiger partial charge in [0, 0.05) is 5.38 Å². The fraction of sp³-hybridized carbons (Fsp3) is 0.500. The molecule has 0 saturated carbocycles. The first-order valence-electron chi connectivity index (χ1n) is 6.26. The predicted molar refractivity (Wildman–Crippen MR) is 76.2 cm³/mol. The van der Waals surface area contributed by atoms with Crippen LogP contribution in [0.25, 0.3) is 0 Å². The molecule has 1 aromatic rings. The average Bonchev–Trinajstić information content (AvgIpc) is 2.91. The van der Waals surface area contributed by atoms with E-state index in [1.54, 1.807) is 23.8 Å². The second-order valence-corrected chi connectivity index (χ2v) is 5.80. The molecular weight excluding hydrogens is 276 g/mol. The second-order valence-electron chi connectivity index (χ2n) is 5.02. The number of thiophene rings is 1. The van der Waals surface area contributed by atoms with Gasteiger partial charge in [-0.15, -0.1) is 0 Å². The highest BCUT2D eigenvalue weighted by Gasteiger charge is 2.32. The molecule has 1 aromatic heterocycles. The van der Waals surface area contributed by atoms with E-state index in [0.29, 0.717) is 5.56 Å². The Labute approximate surface area is 122 Å². The number of carbonyl (C=O) groups excluding carboxylic acids is 2. The fourth-order valence-electron chi connectivity index (χ4n) is 1.32. The van der Waals surface area contributed by atoms with Gasteiger partial charge in [0.15, 0.2) is 6.10 Å². The largest absolute Gasteiger partial charge is 0.449 e. The Morgan fingerprint density at radius 3 is 2.55 bits per heavy atom. The Bertz CT molecular complexity index is 519. The van der Waals surface area contributed by atoms with Gasteiger partial charge in [-0.3, -0.25) is 4.79 Å². The average molecular weight is 294 g/mol. The third-order valence-corrected chi connectivity index (χ3v) is 3.86. The molecule has 0 aliphatic heterocycles. The van der Waals surface area contributed by atoms with E-state index in [1.807, 2.05) is 13.8 Å². The summed E-state index contributed by atoms with van der Waals surface area (Å²) in [7, 11) is 0. The molecule has 1 N–H and O–H groups in total. The number of hydrogen-bond donors (Lipinski definition) is 1. The lowest BCUT2D eigenvalue weighted by Gasteiger charge is -2.28. The zero-order chi connectivity index (χ0) is 15.3. The maximum Gasteiger partial charge on any atom is 0.339 e. The summed E-state index contributed by atoms with van der Waals surface area (Å²) < 4.78 is 5.07. The molecule has 1 rings (SSSR count). The molecule has 108 valence electrons. The summed E-state index contributed by atoms with van der Waals surface area (Å²) in [6, 6.07) is 3.70. The number of carbonyl (C=O) groups is 2. The van der Waals surface area contributed by atoms with Crippen LogP contribution in [0.15, 0.2) is 16.8 Å². The smallest absolute Gasteiger partial charge is 0.339 e. The number of esters is 1. The van der Waals surface area contributed by atoms with Crippen molar-refractivity contribution in [3.8, 4) is 6.07 Å². The van der Waals surface area contributed by atoms with E-state index in [1.165, 1.54) is 18.3 Å². The van der Waals surface area contributed by atoms with Crippen LogP contribution in [0.5, 0.6) is 0 Å². The van der Waals surface area contributed by atoms with E-state index < -0.39 is 23.5 Å². The zero-order valence-corrected chi connectivity index (χ0v) is 12.8. The summed E-state index contributed by atoms with van der Waals surface area (Å²) in [5, 5.41) is 15.2. The Kier molecular flexibility index (Phi) is 5.28. The Morgan fingerprint density at radius 2 is 2.10 bits per heavy atom. The predicted octanol–water partition coefficient (Wildman–Crippen LogP) is 2.35. The van der Waals surface area contributed by atoms with Crippen molar-refractivity contribution in [2.75, 3.05) is 0 Å². The van der Waals surface area contributed by atoms with Crippen molar-refractivity contribution in [2.45, 2.75) is 39.3 Å². The van der Waals surface area contributed by atoms with Gasteiger partial charge in [-0.2, -0.15) is 16.6 Å². The lowest BCUT2D eigenvalue weighted by atomic mass is 9.90. The van der Waals surface area contributed by atoms with Gasteiger partial charge >= 0.3 is 5.97 Å². The second kappa shape index (κ2) is 6.53. The molecule has 0 saturated heterocycles. The molecule has 0 aromatic carbocycles. The molecule has 5 nitrogen and oxygen atoms in total. The van der Waals surface area contributed by atoms with Crippen molar-refractivity contribution in [1.29, 1.82) is 5.26 Å². The first-order chi connectivity index (χ1) is 9.30. The van der Waals surface area contributed by atoms with Crippen molar-refractivity contribution in [1.82, 2.24) is 5.32 Å². The van der Waals surface area contributed by atoms with Crippen LogP contribution in [0.4, 0.5) is 0 Å². The van der Waals surface area contributed by atoms with Crippen LogP contribution in [0.2, 0.25) is 0 Å². The molecule has 2 atom stereocenters. The molecule has 0 spiro atoms. The number of amides is 1. The maximum absolute atomic E-state index is 12.0. The highest BCUT2D eigenvalue weighted by atomic mass is 32.1. The summed E-state index contributed by atoms with van der Waals surface area (Å²) in [6.45, 7) is 6.80. The van der Waals surface area contributed by atoms with Crippen LogP contribution in [0, 0.1) is 17.2 Å². The van der Waals surface area contributed by atoms with E-state index >= 15 is 0 Å². The third-order valence-electron chi connectivity index (χ3n) is 3.18. The summed E-state index contributed by atoms with van der Waals surface area (Å²) >= 11 is 1.38. The number of hydrogen-bond acceptors (Lipinski definition) is 5. The van der Waals surface area contributed by atoms with Crippen molar-refractivity contribution in [2.24, 2.45) is 5.92 Å². The Hall–Kier alpha value is -1.87. The molecule has 2 unspecified atom stereocenters. The highest BCUT2D eigenvalue weighted by molar-refractivity contribution is 7.08. The van der Waals surface area contributed by atoms with Crippen LogP contribution in [-0.2, 0) is 9.53 Å². The van der Waals surface area contributed by atoms with E-state index in [-0.39, 0.29) is 5.92 Å². The number of nitrogens with one attached hydrogen (secondary N) is 1. The van der Waals surface area contributed by atoms with Crippen LogP contribution >= 0.6 is 11.3 Å². The van der Waals surface area contributed by atoms with E-state index in [2.05, 4.69) is 11.4 Å². The van der Waals surface area contributed by atoms with Crippen LogP contribution in [0.3, 0.4) is 0 Å². The summed E-state index contributed by atoms with van der Waals surface area (Å²) in [5.74, 6) is -1.08. The SMILES string of the molecule is CC(OC(=O)c1ccsc1)C(=O)NC(C)(C#N)C(C)C. The van der Waals surface area contributed by atoms with E-state index in [0.717, 1.165) is 0 Å². The fourth-order valence-corrected chi connectivity index (χ4v) is 1.95. The zero-order valence-electron chi connectivity index (χ0n) is 12.0. The molecule has 1 heterocycles. The van der Waals surface area contributed by atoms with Gasteiger partial charge in [0.25, 0.3) is 5.91 Å². The van der Waals surface area contributed by atoms with Crippen molar-refractivity contribution < 1.29 is 14.3 Å². The van der Waals surface area contributed by atoms with Crippen LogP contribution < -0.4 is 5.32 Å². The summed E-state index contributed by atoms with van der Waals surface area (Å²) in [5.41, 5.74) is -0.568. The number of rotatable bonds is 5. The first kappa shape index (κ1) is 16.2. The quantitative estimate of drug-likeness (QED) is 0.845. The summed E-state index contributed by atoms with van der Waals surface area (Å²) in [4.78, 5) is 23.7. The normalized spacial score (nSPS) is 15.0. The van der Waals surface area contributed by atoms with Gasteiger partial charge in [-0.05, 0) is 31.2 Å². The standard InChI is InChI=1S/C14H18N2O3S/c1-9(2)14(4,8-15)16-12(17)10(3)19-13(18)11-5-6-20-7-11/h5-7,9-10H,1-4H3,(H,16,17). The van der Waals surface area contributed by atoms with Crippen molar-refractivity contribution in [3.05, 3.63) is 22.4 Å². The molecule has 0 fully saturated rings. The molecule has 0 bridgehead atoms. The van der Waals surface area contributed by atoms with Crippen molar-refractivity contribution >= 4 is 23.2 Å². The maximum atomic E-state index is 12.0. The lowest BCUT2D eigenvalue weighted by Crippen LogP contribution is -2.52. The van der Waals surface area contributed by atoms with Gasteiger partial charge < -0.3 is 10.1 Å². The molecule has 20 heavy (non-hydrogen) atoms. The van der Waals surface area contributed by atoms with Crippen LogP contribution in [-0.4, -0.2) is 23.5 Å². The lowest BCUT2D eigenvalue weighted by molar-refractivity contribution is -0.130. The molecule has 6 heteroatoms. The van der Waals surface area contributed by atoms with Crippen LogP contribution in [0.1, 0.15) is 38.1 Å². The first-order valence-corrected chi connectivity index (χ1v) is 7.21. The third kappa shape index (κ3) is 3.81. The number of nitriles is 1. The molecular formula is C14H18N2O3S. The molecule has 0 aliphatic rings. The van der Waals surface area contributed by atoms with E-state index in [9.17, 15) is 9.59 Å². The highest BCUT2D eigenvalue weighted by Crippen LogP contribution is 2.16. The Balaban J connectivity index is 2.64. The van der Waals surface area contributed by atoms with Crippen molar-refractivity contribution in [3.63, 3.8) is 0 Å². The minimum absolute atomic E-state index is 0.0591. The van der Waals surface area contributed by atoms with Gasteiger partial charge in [-0.1, -0.05) is 13.8 Å². The molecule has 1 amide bonds. The number of ether oxygens (including phenoxy) is 1. The van der Waals surface area contributed by atoms with E-state index in [4.69, 9.17) is 10.00 Å². The topological polar surface area (TPSA) is 79.2 Å². The van der Waals surface area contributed by atoms with Gasteiger partial charge in [-0.25, -0.2) is 4.79 Å². The molecule has 0 aliphatic carbocycles. The number of nitrogens with zero attached hydrogens (tertiary/aromatic N) is 1.